The minimum atomic E-state index is -0.444. The molecule has 0 aromatic heterocycles. The Kier molecular flexibility index (Phi) is 5.71. The van der Waals surface area contributed by atoms with Gasteiger partial charge in [-0.05, 0) is 29.0 Å². The number of hydrogen-bond donors (Lipinski definition) is 1. The van der Waals surface area contributed by atoms with Crippen molar-refractivity contribution in [2.24, 2.45) is 15.7 Å². The summed E-state index contributed by atoms with van der Waals surface area (Å²) in [6.45, 7) is 2.68. The van der Waals surface area contributed by atoms with E-state index in [2.05, 4.69) is 9.98 Å². The lowest BCUT2D eigenvalue weighted by Gasteiger charge is -2.34. The van der Waals surface area contributed by atoms with Crippen LogP contribution in [-0.2, 0) is 9.53 Å². The number of fused-ring (bicyclic) bond motifs is 1. The lowest BCUT2D eigenvalue weighted by Crippen LogP contribution is -2.49. The Labute approximate surface area is 196 Å². The maximum Gasteiger partial charge on any atom is 0.365 e. The molecule has 2 aliphatic rings. The quantitative estimate of drug-likeness (QED) is 0.278. The number of nitrogens with two attached hydrogens (primary N) is 1. The lowest BCUT2D eigenvalue weighted by molar-refractivity contribution is -0.130. The summed E-state index contributed by atoms with van der Waals surface area (Å²) in [4.78, 5) is 25.5. The fourth-order valence-electron chi connectivity index (χ4n) is 3.92. The van der Waals surface area contributed by atoms with Gasteiger partial charge in [0.2, 0.25) is 5.90 Å². The number of guanidine groups is 1. The molecule has 5 rings (SSSR count). The fourth-order valence-corrected chi connectivity index (χ4v) is 4.09. The summed E-state index contributed by atoms with van der Waals surface area (Å²) < 4.78 is 5.50. The van der Waals surface area contributed by atoms with Crippen LogP contribution < -0.4 is 5.73 Å². The largest absolute Gasteiger partial charge is 0.402 e. The number of aliphatic imine (C=N–C) groups is 2. The first kappa shape index (κ1) is 21.0. The van der Waals surface area contributed by atoms with Crippen LogP contribution in [0.2, 0.25) is 5.02 Å². The zero-order chi connectivity index (χ0) is 22.8. The number of benzene rings is 3. The first-order valence-corrected chi connectivity index (χ1v) is 11.0. The van der Waals surface area contributed by atoms with E-state index in [9.17, 15) is 4.79 Å². The molecule has 2 aliphatic heterocycles. The Bertz CT molecular complexity index is 1300. The number of carbonyl (C=O) groups is 1. The van der Waals surface area contributed by atoms with Gasteiger partial charge in [0.1, 0.15) is 0 Å². The molecule has 0 amide bonds. The predicted molar refractivity (Wildman–Crippen MR) is 131 cm³/mol. The highest BCUT2D eigenvalue weighted by Crippen LogP contribution is 2.25. The van der Waals surface area contributed by atoms with Crippen LogP contribution in [0.5, 0.6) is 0 Å². The van der Waals surface area contributed by atoms with Crippen LogP contribution in [0.4, 0.5) is 5.69 Å². The summed E-state index contributed by atoms with van der Waals surface area (Å²) >= 11 is 6.17. The summed E-state index contributed by atoms with van der Waals surface area (Å²) in [5.74, 6) is 0.310. The molecule has 0 saturated carbocycles. The lowest BCUT2D eigenvalue weighted by atomic mass is 10.0. The molecule has 0 atom stereocenters. The third kappa shape index (κ3) is 4.40. The van der Waals surface area contributed by atoms with Crippen LogP contribution in [0.1, 0.15) is 5.56 Å². The highest BCUT2D eigenvalue weighted by atomic mass is 35.5. The van der Waals surface area contributed by atoms with E-state index in [4.69, 9.17) is 22.1 Å². The third-order valence-electron chi connectivity index (χ3n) is 5.67. The minimum absolute atomic E-state index is 0.295. The molecule has 0 radical (unpaired) electrons. The van der Waals surface area contributed by atoms with Crippen LogP contribution >= 0.6 is 11.6 Å². The van der Waals surface area contributed by atoms with Crippen LogP contribution in [-0.4, -0.2) is 53.8 Å². The normalized spacial score (nSPS) is 18.1. The molecule has 7 nitrogen and oxygen atoms in total. The van der Waals surface area contributed by atoms with E-state index >= 15 is 0 Å². The standard InChI is InChI=1S/C25H22ClN5O2/c26-20-10-3-4-11-21(20)29-25(27)31-14-12-30(13-15-31)16-22-24(32)33-23(28-22)19-9-5-7-17-6-1-2-8-18(17)19/h1-11,16H,12-15H2,(H2,27,29)/b22-16+. The van der Waals surface area contributed by atoms with E-state index in [-0.39, 0.29) is 0 Å². The highest BCUT2D eigenvalue weighted by Gasteiger charge is 2.27. The average Bonchev–Trinajstić information content (AvgIpc) is 3.20. The van der Waals surface area contributed by atoms with Crippen LogP contribution in [0, 0.1) is 0 Å². The molecule has 1 fully saturated rings. The first-order valence-electron chi connectivity index (χ1n) is 10.7. The van der Waals surface area contributed by atoms with Gasteiger partial charge in [-0.25, -0.2) is 14.8 Å². The molecule has 0 spiro atoms. The van der Waals surface area contributed by atoms with Crippen LogP contribution in [0.25, 0.3) is 10.8 Å². The number of nitrogens with zero attached hydrogens (tertiary/aromatic N) is 4. The summed E-state index contributed by atoms with van der Waals surface area (Å²) in [7, 11) is 0. The number of cyclic esters (lactones) is 1. The van der Waals surface area contributed by atoms with Gasteiger partial charge in [0.15, 0.2) is 11.7 Å². The third-order valence-corrected chi connectivity index (χ3v) is 5.99. The summed E-state index contributed by atoms with van der Waals surface area (Å²) in [5.41, 5.74) is 7.94. The van der Waals surface area contributed by atoms with Crippen molar-refractivity contribution >= 4 is 45.9 Å². The molecule has 0 bridgehead atoms. The smallest absolute Gasteiger partial charge is 0.365 e. The Morgan fingerprint density at radius 3 is 2.55 bits per heavy atom. The molecule has 1 saturated heterocycles. The van der Waals surface area contributed by atoms with Crippen molar-refractivity contribution in [2.75, 3.05) is 26.2 Å². The Balaban J connectivity index is 1.29. The van der Waals surface area contributed by atoms with E-state index in [0.717, 1.165) is 16.3 Å². The topological polar surface area (TPSA) is 83.5 Å². The number of ether oxygens (including phenoxy) is 1. The van der Waals surface area contributed by atoms with Gasteiger partial charge in [-0.2, -0.15) is 0 Å². The molecular weight excluding hydrogens is 438 g/mol. The van der Waals surface area contributed by atoms with E-state index in [0.29, 0.717) is 54.4 Å². The van der Waals surface area contributed by atoms with E-state index < -0.39 is 5.97 Å². The Morgan fingerprint density at radius 2 is 1.73 bits per heavy atom. The maximum atomic E-state index is 12.5. The van der Waals surface area contributed by atoms with Gasteiger partial charge in [0.25, 0.3) is 0 Å². The number of hydrogen-bond acceptors (Lipinski definition) is 5. The average molecular weight is 460 g/mol. The van der Waals surface area contributed by atoms with E-state index in [1.54, 1.807) is 12.3 Å². The zero-order valence-corrected chi connectivity index (χ0v) is 18.6. The first-order chi connectivity index (χ1) is 16.1. The molecule has 3 aromatic carbocycles. The summed E-state index contributed by atoms with van der Waals surface area (Å²) in [6, 6.07) is 21.2. The number of halogens is 1. The second-order valence-electron chi connectivity index (χ2n) is 7.79. The monoisotopic (exact) mass is 459 g/mol. The molecule has 2 N–H and O–H groups in total. The van der Waals surface area contributed by atoms with Crippen molar-refractivity contribution in [3.63, 3.8) is 0 Å². The van der Waals surface area contributed by atoms with Gasteiger partial charge in [-0.1, -0.05) is 60.1 Å². The molecule has 2 heterocycles. The fraction of sp³-hybridized carbons (Fsp3) is 0.160. The minimum Gasteiger partial charge on any atom is -0.402 e. The van der Waals surface area contributed by atoms with Gasteiger partial charge in [0, 0.05) is 37.9 Å². The van der Waals surface area contributed by atoms with Crippen molar-refractivity contribution in [1.29, 1.82) is 0 Å². The van der Waals surface area contributed by atoms with Crippen LogP contribution in [0.15, 0.2) is 88.6 Å². The number of para-hydroxylation sites is 1. The van der Waals surface area contributed by atoms with Crippen molar-refractivity contribution in [1.82, 2.24) is 9.80 Å². The number of esters is 1. The number of piperazine rings is 1. The number of rotatable bonds is 3. The molecule has 0 aliphatic carbocycles. The van der Waals surface area contributed by atoms with Crippen molar-refractivity contribution in [3.05, 3.63) is 89.2 Å². The van der Waals surface area contributed by atoms with Gasteiger partial charge >= 0.3 is 5.97 Å². The van der Waals surface area contributed by atoms with Gasteiger partial charge in [0.05, 0.1) is 10.7 Å². The molecule has 8 heteroatoms. The van der Waals surface area contributed by atoms with Crippen molar-refractivity contribution in [3.8, 4) is 0 Å². The Morgan fingerprint density at radius 1 is 1.00 bits per heavy atom. The molecule has 3 aromatic rings. The molecule has 33 heavy (non-hydrogen) atoms. The highest BCUT2D eigenvalue weighted by molar-refractivity contribution is 6.33. The van der Waals surface area contributed by atoms with Crippen molar-refractivity contribution in [2.45, 2.75) is 0 Å². The predicted octanol–water partition coefficient (Wildman–Crippen LogP) is 3.90. The summed E-state index contributed by atoms with van der Waals surface area (Å²) in [5, 5.41) is 2.62. The maximum absolute atomic E-state index is 12.5. The van der Waals surface area contributed by atoms with Crippen LogP contribution in [0.3, 0.4) is 0 Å². The van der Waals surface area contributed by atoms with Gasteiger partial charge < -0.3 is 20.3 Å². The second-order valence-corrected chi connectivity index (χ2v) is 8.20. The zero-order valence-electron chi connectivity index (χ0n) is 17.8. The van der Waals surface area contributed by atoms with Gasteiger partial charge in [-0.3, -0.25) is 0 Å². The number of carbonyl (C=O) groups excluding carboxylic acids is 1. The Hall–Kier alpha value is -3.84. The van der Waals surface area contributed by atoms with Crippen molar-refractivity contribution < 1.29 is 9.53 Å². The summed E-state index contributed by atoms with van der Waals surface area (Å²) in [6.07, 6.45) is 1.76. The molecule has 166 valence electrons. The molecule has 0 unspecified atom stereocenters. The SMILES string of the molecule is NC(=Nc1ccccc1Cl)N1CCN(/C=C2/N=C(c3cccc4ccccc34)OC2=O)CC1. The molecular formula is C25H22ClN5O2. The second kappa shape index (κ2) is 8.96. The van der Waals surface area contributed by atoms with E-state index in [1.165, 1.54) is 0 Å². The van der Waals surface area contributed by atoms with E-state index in [1.807, 2.05) is 70.5 Å². The van der Waals surface area contributed by atoms with Gasteiger partial charge in [-0.15, -0.1) is 0 Å².